The van der Waals surface area contributed by atoms with Crippen LogP contribution in [0.25, 0.3) is 0 Å². The summed E-state index contributed by atoms with van der Waals surface area (Å²) in [5, 5.41) is 9.41. The lowest BCUT2D eigenvalue weighted by Crippen LogP contribution is -1.94. The fourth-order valence-electron chi connectivity index (χ4n) is 0.838. The molecule has 1 rings (SSSR count). The van der Waals surface area contributed by atoms with Gasteiger partial charge >= 0.3 is 0 Å². The number of aromatic hydroxyl groups is 1. The zero-order valence-corrected chi connectivity index (χ0v) is 7.92. The van der Waals surface area contributed by atoms with Crippen molar-refractivity contribution in [1.29, 1.82) is 0 Å². The molecule has 1 aromatic rings. The predicted molar refractivity (Wildman–Crippen MR) is 53.4 cm³/mol. The van der Waals surface area contributed by atoms with Crippen molar-refractivity contribution >= 4 is 11.6 Å². The Bertz CT molecular complexity index is 297. The maximum atomic E-state index is 9.11. The third-order valence-corrected chi connectivity index (χ3v) is 1.81. The Kier molecular flexibility index (Phi) is 3.65. The molecular formula is C10H11ClO2. The molecular weight excluding hydrogens is 188 g/mol. The van der Waals surface area contributed by atoms with Crippen molar-refractivity contribution in [3.05, 3.63) is 35.9 Å². The summed E-state index contributed by atoms with van der Waals surface area (Å²) >= 11 is 5.68. The Morgan fingerprint density at radius 2 is 2.31 bits per heavy atom. The monoisotopic (exact) mass is 198 g/mol. The van der Waals surface area contributed by atoms with Gasteiger partial charge < -0.3 is 9.84 Å². The van der Waals surface area contributed by atoms with Crippen LogP contribution in [-0.4, -0.2) is 11.7 Å². The molecule has 0 amide bonds. The van der Waals surface area contributed by atoms with Crippen LogP contribution in [0.15, 0.2) is 30.9 Å². The lowest BCUT2D eigenvalue weighted by atomic mass is 10.3. The molecule has 3 heteroatoms. The van der Waals surface area contributed by atoms with Crippen LogP contribution in [0.4, 0.5) is 0 Å². The first-order valence-electron chi connectivity index (χ1n) is 3.96. The molecule has 13 heavy (non-hydrogen) atoms. The smallest absolute Gasteiger partial charge is 0.134 e. The minimum atomic E-state index is 0.0673. The van der Waals surface area contributed by atoms with Gasteiger partial charge in [0, 0.05) is 6.07 Å². The number of hydrogen-bond donors (Lipinski definition) is 1. The van der Waals surface area contributed by atoms with E-state index in [0.29, 0.717) is 17.4 Å². The van der Waals surface area contributed by atoms with Crippen LogP contribution in [0.3, 0.4) is 0 Å². The summed E-state index contributed by atoms with van der Waals surface area (Å²) in [6, 6.07) is 4.76. The van der Waals surface area contributed by atoms with E-state index in [0.717, 1.165) is 6.42 Å². The van der Waals surface area contributed by atoms with Gasteiger partial charge in [-0.05, 0) is 18.6 Å². The zero-order valence-electron chi connectivity index (χ0n) is 7.16. The van der Waals surface area contributed by atoms with Gasteiger partial charge in [0.05, 0.1) is 11.6 Å². The fourth-order valence-corrected chi connectivity index (χ4v) is 1.01. The summed E-state index contributed by atoms with van der Waals surface area (Å²) in [6.45, 7) is 4.15. The van der Waals surface area contributed by atoms with Gasteiger partial charge in [-0.3, -0.25) is 0 Å². The normalized spacial score (nSPS) is 9.62. The average molecular weight is 199 g/mol. The molecule has 0 unspecified atom stereocenters. The van der Waals surface area contributed by atoms with Crippen LogP contribution in [0.1, 0.15) is 6.42 Å². The van der Waals surface area contributed by atoms with E-state index in [9.17, 15) is 0 Å². The summed E-state index contributed by atoms with van der Waals surface area (Å²) in [5.41, 5.74) is 0. The van der Waals surface area contributed by atoms with Crippen LogP contribution < -0.4 is 4.74 Å². The van der Waals surface area contributed by atoms with E-state index < -0.39 is 0 Å². The molecule has 0 saturated carbocycles. The van der Waals surface area contributed by atoms with Gasteiger partial charge in [0.25, 0.3) is 0 Å². The second-order valence-electron chi connectivity index (χ2n) is 2.54. The molecule has 70 valence electrons. The maximum absolute atomic E-state index is 9.11. The molecule has 0 aliphatic rings. The molecule has 1 aromatic carbocycles. The first kappa shape index (κ1) is 9.93. The second kappa shape index (κ2) is 4.77. The largest absolute Gasteiger partial charge is 0.506 e. The summed E-state index contributed by atoms with van der Waals surface area (Å²) in [5.74, 6) is 0.724. The fraction of sp³-hybridized carbons (Fsp3) is 0.200. The number of benzene rings is 1. The van der Waals surface area contributed by atoms with E-state index in [-0.39, 0.29) is 5.75 Å². The van der Waals surface area contributed by atoms with E-state index in [2.05, 4.69) is 6.58 Å². The van der Waals surface area contributed by atoms with Gasteiger partial charge in [0.15, 0.2) is 0 Å². The van der Waals surface area contributed by atoms with E-state index >= 15 is 0 Å². The topological polar surface area (TPSA) is 29.5 Å². The molecule has 1 N–H and O–H groups in total. The van der Waals surface area contributed by atoms with Crippen LogP contribution in [0.2, 0.25) is 5.02 Å². The number of halogens is 1. The van der Waals surface area contributed by atoms with Crippen molar-refractivity contribution in [3.8, 4) is 11.5 Å². The SMILES string of the molecule is C=CCCOc1ccc(O)c(Cl)c1. The number of phenolic OH excluding ortho intramolecular Hbond substituents is 1. The first-order chi connectivity index (χ1) is 6.24. The summed E-state index contributed by atoms with van der Waals surface area (Å²) in [6.07, 6.45) is 2.57. The number of phenols is 1. The highest BCUT2D eigenvalue weighted by Gasteiger charge is 1.99. The molecule has 0 aliphatic heterocycles. The molecule has 0 atom stereocenters. The van der Waals surface area contributed by atoms with E-state index in [1.807, 2.05) is 0 Å². The molecule has 0 saturated heterocycles. The van der Waals surface area contributed by atoms with Crippen molar-refractivity contribution in [3.63, 3.8) is 0 Å². The molecule has 0 fully saturated rings. The van der Waals surface area contributed by atoms with Crippen molar-refractivity contribution < 1.29 is 9.84 Å². The predicted octanol–water partition coefficient (Wildman–Crippen LogP) is 3.00. The van der Waals surface area contributed by atoms with E-state index in [4.69, 9.17) is 21.4 Å². The van der Waals surface area contributed by atoms with Crippen molar-refractivity contribution in [2.24, 2.45) is 0 Å². The zero-order chi connectivity index (χ0) is 9.68. The Morgan fingerprint density at radius 3 is 2.92 bits per heavy atom. The van der Waals surface area contributed by atoms with Gasteiger partial charge in [0.2, 0.25) is 0 Å². The number of rotatable bonds is 4. The Hall–Kier alpha value is -1.15. The minimum Gasteiger partial charge on any atom is -0.506 e. The maximum Gasteiger partial charge on any atom is 0.134 e. The molecule has 0 spiro atoms. The molecule has 0 heterocycles. The molecule has 2 nitrogen and oxygen atoms in total. The third kappa shape index (κ3) is 2.99. The summed E-state index contributed by atoms with van der Waals surface area (Å²) in [7, 11) is 0. The van der Waals surface area contributed by atoms with Gasteiger partial charge in [-0.15, -0.1) is 6.58 Å². The first-order valence-corrected chi connectivity index (χ1v) is 4.34. The van der Waals surface area contributed by atoms with Gasteiger partial charge in [0.1, 0.15) is 11.5 Å². The molecule has 0 radical (unpaired) electrons. The van der Waals surface area contributed by atoms with Crippen LogP contribution in [0, 0.1) is 0 Å². The van der Waals surface area contributed by atoms with Crippen molar-refractivity contribution in [2.45, 2.75) is 6.42 Å². The van der Waals surface area contributed by atoms with Crippen LogP contribution >= 0.6 is 11.6 Å². The van der Waals surface area contributed by atoms with E-state index in [1.54, 1.807) is 18.2 Å². The third-order valence-electron chi connectivity index (χ3n) is 1.51. The Balaban J connectivity index is 2.57. The minimum absolute atomic E-state index is 0.0673. The quantitative estimate of drug-likeness (QED) is 0.595. The number of hydrogen-bond acceptors (Lipinski definition) is 2. The van der Waals surface area contributed by atoms with Gasteiger partial charge in [-0.2, -0.15) is 0 Å². The lowest BCUT2D eigenvalue weighted by molar-refractivity contribution is 0.324. The van der Waals surface area contributed by atoms with E-state index in [1.165, 1.54) is 6.07 Å². The molecule has 0 aromatic heterocycles. The number of ether oxygens (including phenoxy) is 1. The van der Waals surface area contributed by atoms with Crippen LogP contribution in [0.5, 0.6) is 11.5 Å². The van der Waals surface area contributed by atoms with Gasteiger partial charge in [-0.1, -0.05) is 17.7 Å². The van der Waals surface area contributed by atoms with Crippen molar-refractivity contribution in [1.82, 2.24) is 0 Å². The Morgan fingerprint density at radius 1 is 1.54 bits per heavy atom. The average Bonchev–Trinajstić information content (AvgIpc) is 2.12. The summed E-state index contributed by atoms with van der Waals surface area (Å²) < 4.78 is 5.32. The molecule has 0 bridgehead atoms. The summed E-state index contributed by atoms with van der Waals surface area (Å²) in [4.78, 5) is 0. The highest BCUT2D eigenvalue weighted by Crippen LogP contribution is 2.27. The standard InChI is InChI=1S/C10H11ClO2/c1-2-3-6-13-8-4-5-10(12)9(11)7-8/h2,4-5,7,12H,1,3,6H2. The molecule has 0 aliphatic carbocycles. The van der Waals surface area contributed by atoms with Crippen LogP contribution in [-0.2, 0) is 0 Å². The highest BCUT2D eigenvalue weighted by atomic mass is 35.5. The lowest BCUT2D eigenvalue weighted by Gasteiger charge is -2.04. The van der Waals surface area contributed by atoms with Crippen molar-refractivity contribution in [2.75, 3.05) is 6.61 Å². The second-order valence-corrected chi connectivity index (χ2v) is 2.95. The van der Waals surface area contributed by atoms with Gasteiger partial charge in [-0.25, -0.2) is 0 Å². The highest BCUT2D eigenvalue weighted by molar-refractivity contribution is 6.32. The Labute approximate surface area is 82.4 Å².